The number of rotatable bonds is 1. The minimum atomic E-state index is -4.32. The zero-order valence-corrected chi connectivity index (χ0v) is 9.87. The van der Waals surface area contributed by atoms with Crippen LogP contribution in [0.3, 0.4) is 0 Å². The van der Waals surface area contributed by atoms with Gasteiger partial charge in [-0.3, -0.25) is 0 Å². The largest absolute Gasteiger partial charge is 0.411 e. The van der Waals surface area contributed by atoms with Crippen molar-refractivity contribution in [3.63, 3.8) is 0 Å². The van der Waals surface area contributed by atoms with Crippen LogP contribution in [0.1, 0.15) is 23.4 Å². The van der Waals surface area contributed by atoms with E-state index in [1.54, 1.807) is 0 Å². The van der Waals surface area contributed by atoms with Gasteiger partial charge in [-0.05, 0) is 11.4 Å². The summed E-state index contributed by atoms with van der Waals surface area (Å²) in [5.74, 6) is 0.168. The van der Waals surface area contributed by atoms with Crippen molar-refractivity contribution in [3.8, 4) is 0 Å². The molecule has 0 saturated carbocycles. The lowest BCUT2D eigenvalue weighted by molar-refractivity contribution is -0.173. The highest BCUT2D eigenvalue weighted by Gasteiger charge is 2.46. The Balaban J connectivity index is 1.97. The number of halogens is 3. The Bertz CT molecular complexity index is 534. The summed E-state index contributed by atoms with van der Waals surface area (Å²) in [6.45, 7) is 0. The fraction of sp³-hybridized carbons (Fsp3) is 0.400. The quantitative estimate of drug-likeness (QED) is 0.869. The third kappa shape index (κ3) is 1.86. The summed E-state index contributed by atoms with van der Waals surface area (Å²) in [6, 6.07) is 1.66. The van der Waals surface area contributed by atoms with E-state index in [0.29, 0.717) is 0 Å². The van der Waals surface area contributed by atoms with E-state index in [4.69, 9.17) is 0 Å². The molecule has 0 radical (unpaired) electrons. The van der Waals surface area contributed by atoms with E-state index in [2.05, 4.69) is 15.4 Å². The fourth-order valence-electron chi connectivity index (χ4n) is 2.07. The zero-order chi connectivity index (χ0) is 12.8. The number of thiophene rings is 1. The summed E-state index contributed by atoms with van der Waals surface area (Å²) in [6.07, 6.45) is -3.25. The molecule has 0 saturated heterocycles. The van der Waals surface area contributed by atoms with Gasteiger partial charge in [0, 0.05) is 11.3 Å². The molecule has 0 spiro atoms. The Kier molecular flexibility index (Phi) is 2.54. The summed E-state index contributed by atoms with van der Waals surface area (Å²) in [5.41, 5.74) is 0. The van der Waals surface area contributed by atoms with Gasteiger partial charge in [-0.2, -0.15) is 23.3 Å². The van der Waals surface area contributed by atoms with Gasteiger partial charge in [0.05, 0.1) is 6.04 Å². The molecule has 2 atom stereocenters. The molecule has 1 aliphatic heterocycles. The van der Waals surface area contributed by atoms with Gasteiger partial charge in [0.25, 0.3) is 0 Å². The average Bonchev–Trinajstić information content (AvgIpc) is 2.97. The number of alkyl halides is 3. The van der Waals surface area contributed by atoms with Gasteiger partial charge in [0.1, 0.15) is 6.33 Å². The van der Waals surface area contributed by atoms with Gasteiger partial charge in [0.2, 0.25) is 5.95 Å². The average molecular weight is 274 g/mol. The van der Waals surface area contributed by atoms with Crippen LogP contribution in [-0.2, 0) is 0 Å². The summed E-state index contributed by atoms with van der Waals surface area (Å²) < 4.78 is 39.9. The van der Waals surface area contributed by atoms with Crippen molar-refractivity contribution < 1.29 is 13.2 Å². The smallest absolute Gasteiger partial charge is 0.347 e. The van der Waals surface area contributed by atoms with Crippen molar-refractivity contribution in [1.29, 1.82) is 0 Å². The van der Waals surface area contributed by atoms with Crippen LogP contribution in [0.2, 0.25) is 0 Å². The number of nitrogens with one attached hydrogen (secondary N) is 1. The minimum Gasteiger partial charge on any atom is -0.347 e. The third-order valence-corrected chi connectivity index (χ3v) is 3.88. The molecule has 0 fully saturated rings. The number of aromatic nitrogens is 3. The maximum atomic E-state index is 13.0. The van der Waals surface area contributed by atoms with Gasteiger partial charge in [-0.1, -0.05) is 6.07 Å². The van der Waals surface area contributed by atoms with Gasteiger partial charge < -0.3 is 5.32 Å². The summed E-state index contributed by atoms with van der Waals surface area (Å²) in [5, 5.41) is 8.47. The number of nitrogens with zero attached hydrogens (tertiary/aromatic N) is 3. The summed E-state index contributed by atoms with van der Waals surface area (Å²) >= 11 is 1.43. The van der Waals surface area contributed by atoms with Crippen LogP contribution in [-0.4, -0.2) is 20.9 Å². The zero-order valence-electron chi connectivity index (χ0n) is 9.05. The standard InChI is InChI=1S/C10H9F3N4S/c11-10(12,13)8-4-6(7-2-1-3-18-7)16-9-14-5-15-17(8)9/h1-3,5-6,8H,4H2,(H,14,15,16)/t6-,8-/m1/s1. The molecule has 0 aromatic carbocycles. The minimum absolute atomic E-state index is 0.0691. The normalized spacial score (nSPS) is 23.5. The first-order chi connectivity index (χ1) is 8.55. The van der Waals surface area contributed by atoms with Crippen molar-refractivity contribution in [2.75, 3.05) is 5.32 Å². The number of anilines is 1. The topological polar surface area (TPSA) is 42.7 Å². The molecule has 8 heteroatoms. The van der Waals surface area contributed by atoms with E-state index in [9.17, 15) is 13.2 Å². The van der Waals surface area contributed by atoms with Crippen LogP contribution in [0, 0.1) is 0 Å². The van der Waals surface area contributed by atoms with E-state index < -0.39 is 12.2 Å². The molecule has 0 amide bonds. The molecule has 3 rings (SSSR count). The lowest BCUT2D eigenvalue weighted by atomic mass is 10.0. The van der Waals surface area contributed by atoms with Crippen molar-refractivity contribution in [1.82, 2.24) is 14.8 Å². The number of hydrogen-bond donors (Lipinski definition) is 1. The molecule has 4 nitrogen and oxygen atoms in total. The number of hydrogen-bond acceptors (Lipinski definition) is 4. The Labute approximate surface area is 104 Å². The van der Waals surface area contributed by atoms with Gasteiger partial charge in [-0.25, -0.2) is 4.68 Å². The first-order valence-electron chi connectivity index (χ1n) is 5.32. The third-order valence-electron chi connectivity index (χ3n) is 2.90. The highest BCUT2D eigenvalue weighted by Crippen LogP contribution is 2.43. The van der Waals surface area contributed by atoms with Gasteiger partial charge in [-0.15, -0.1) is 11.3 Å². The van der Waals surface area contributed by atoms with Gasteiger partial charge in [0.15, 0.2) is 6.04 Å². The van der Waals surface area contributed by atoms with Crippen LogP contribution in [0.5, 0.6) is 0 Å². The highest BCUT2D eigenvalue weighted by atomic mass is 32.1. The maximum absolute atomic E-state index is 13.0. The lowest BCUT2D eigenvalue weighted by Crippen LogP contribution is -2.35. The Morgan fingerprint density at radius 2 is 2.28 bits per heavy atom. The number of fused-ring (bicyclic) bond motifs is 1. The molecule has 1 N–H and O–H groups in total. The lowest BCUT2D eigenvalue weighted by Gasteiger charge is -2.31. The molecule has 0 bridgehead atoms. The summed E-state index contributed by atoms with van der Waals surface area (Å²) in [4.78, 5) is 4.70. The Morgan fingerprint density at radius 3 is 2.94 bits per heavy atom. The molecular formula is C10H9F3N4S. The predicted molar refractivity (Wildman–Crippen MR) is 60.4 cm³/mol. The van der Waals surface area contributed by atoms with Crippen molar-refractivity contribution in [2.24, 2.45) is 0 Å². The predicted octanol–water partition coefficient (Wildman–Crippen LogP) is 3.00. The van der Waals surface area contributed by atoms with Crippen molar-refractivity contribution in [2.45, 2.75) is 24.7 Å². The Hall–Kier alpha value is -1.57. The van der Waals surface area contributed by atoms with E-state index in [-0.39, 0.29) is 18.4 Å². The Morgan fingerprint density at radius 1 is 1.44 bits per heavy atom. The molecule has 2 aromatic heterocycles. The molecule has 18 heavy (non-hydrogen) atoms. The molecular weight excluding hydrogens is 265 g/mol. The second kappa shape index (κ2) is 3.98. The molecule has 0 aliphatic carbocycles. The summed E-state index contributed by atoms with van der Waals surface area (Å²) in [7, 11) is 0. The van der Waals surface area contributed by atoms with Crippen LogP contribution in [0.25, 0.3) is 0 Å². The van der Waals surface area contributed by atoms with Crippen LogP contribution in [0.4, 0.5) is 19.1 Å². The first kappa shape index (κ1) is 11.5. The van der Waals surface area contributed by atoms with Gasteiger partial charge >= 0.3 is 6.18 Å². The van der Waals surface area contributed by atoms with E-state index >= 15 is 0 Å². The van der Waals surface area contributed by atoms with E-state index in [1.807, 2.05) is 17.5 Å². The van der Waals surface area contributed by atoms with Crippen LogP contribution < -0.4 is 5.32 Å². The SMILES string of the molecule is FC(F)(F)[C@H]1C[C@H](c2cccs2)Nc2ncnn21. The second-order valence-electron chi connectivity index (χ2n) is 4.03. The van der Waals surface area contributed by atoms with Crippen molar-refractivity contribution >= 4 is 17.3 Å². The molecule has 0 unspecified atom stereocenters. The van der Waals surface area contributed by atoms with E-state index in [1.165, 1.54) is 11.3 Å². The maximum Gasteiger partial charge on any atom is 0.411 e. The van der Waals surface area contributed by atoms with E-state index in [0.717, 1.165) is 15.9 Å². The van der Waals surface area contributed by atoms with Crippen LogP contribution >= 0.6 is 11.3 Å². The molecule has 2 aromatic rings. The molecule has 3 heterocycles. The van der Waals surface area contributed by atoms with Crippen molar-refractivity contribution in [3.05, 3.63) is 28.7 Å². The fourth-order valence-corrected chi connectivity index (χ4v) is 2.86. The molecule has 96 valence electrons. The first-order valence-corrected chi connectivity index (χ1v) is 6.20. The van der Waals surface area contributed by atoms with Crippen LogP contribution in [0.15, 0.2) is 23.8 Å². The second-order valence-corrected chi connectivity index (χ2v) is 5.01. The highest BCUT2D eigenvalue weighted by molar-refractivity contribution is 7.10. The monoisotopic (exact) mass is 274 g/mol. The molecule has 1 aliphatic rings.